The highest BCUT2D eigenvalue weighted by Gasteiger charge is 2.08. The molecule has 0 radical (unpaired) electrons. The smallest absolute Gasteiger partial charge is 0.234 e. The van der Waals surface area contributed by atoms with E-state index in [1.54, 1.807) is 0 Å². The van der Waals surface area contributed by atoms with Gasteiger partial charge in [0.15, 0.2) is 0 Å². The number of hydrogen-bond acceptors (Lipinski definition) is 4. The molecule has 0 saturated carbocycles. The van der Waals surface area contributed by atoms with E-state index in [1.807, 2.05) is 11.9 Å². The van der Waals surface area contributed by atoms with Gasteiger partial charge in [0.05, 0.1) is 6.54 Å². The highest BCUT2D eigenvalue weighted by atomic mass is 16.2. The third-order valence-corrected chi connectivity index (χ3v) is 3.14. The van der Waals surface area contributed by atoms with Crippen LogP contribution in [0.1, 0.15) is 30.5 Å². The molecule has 0 aromatic rings. The second kappa shape index (κ2) is 10.2. The molecule has 19 heavy (non-hydrogen) atoms. The van der Waals surface area contributed by atoms with Crippen molar-refractivity contribution >= 4 is 5.91 Å². The van der Waals surface area contributed by atoms with Gasteiger partial charge in [-0.1, -0.05) is 13.8 Å². The first kappa shape index (κ1) is 18.4. The van der Waals surface area contributed by atoms with Crippen LogP contribution in [0.3, 0.4) is 0 Å². The molecule has 0 rings (SSSR count). The number of hydrogen-bond donors (Lipinski definition) is 2. The highest BCUT2D eigenvalue weighted by Crippen LogP contribution is 1.91. The van der Waals surface area contributed by atoms with E-state index in [9.17, 15) is 4.79 Å². The van der Waals surface area contributed by atoms with E-state index in [4.69, 9.17) is 0 Å². The monoisotopic (exact) mass is 276 g/mol. The SMILES string of the molecule is CC(C)NCCN(C)CCNC(=O)CN(C)C(C)C.[HH].[HH]. The summed E-state index contributed by atoms with van der Waals surface area (Å²) in [7, 11) is 4.04. The van der Waals surface area contributed by atoms with Crippen molar-refractivity contribution in [3.63, 3.8) is 0 Å². The van der Waals surface area contributed by atoms with Crippen molar-refractivity contribution in [2.45, 2.75) is 39.8 Å². The minimum Gasteiger partial charge on any atom is -0.354 e. The van der Waals surface area contributed by atoms with Gasteiger partial charge in [-0.05, 0) is 27.9 Å². The number of amides is 1. The lowest BCUT2D eigenvalue weighted by Crippen LogP contribution is -2.41. The standard InChI is InChI=1S/C14H32N4O.2H2/c1-12(2)15-7-9-17(5)10-8-16-14(19)11-18(6)13(3)4;;/h12-13,15H,7-11H2,1-6H3,(H,16,19);2*1H. The van der Waals surface area contributed by atoms with Gasteiger partial charge in [0.1, 0.15) is 0 Å². The topological polar surface area (TPSA) is 47.6 Å². The molecular weight excluding hydrogens is 240 g/mol. The molecule has 0 spiro atoms. The summed E-state index contributed by atoms with van der Waals surface area (Å²) in [5.41, 5.74) is 0. The van der Waals surface area contributed by atoms with Crippen molar-refractivity contribution in [1.82, 2.24) is 20.4 Å². The van der Waals surface area contributed by atoms with Gasteiger partial charge in [0.2, 0.25) is 5.91 Å². The van der Waals surface area contributed by atoms with Crippen LogP contribution >= 0.6 is 0 Å². The lowest BCUT2D eigenvalue weighted by Gasteiger charge is -2.21. The van der Waals surface area contributed by atoms with Gasteiger partial charge in [-0.25, -0.2) is 0 Å². The number of rotatable bonds is 10. The summed E-state index contributed by atoms with van der Waals surface area (Å²) in [6, 6.07) is 0.926. The third-order valence-electron chi connectivity index (χ3n) is 3.14. The van der Waals surface area contributed by atoms with Crippen molar-refractivity contribution < 1.29 is 7.65 Å². The Balaban J connectivity index is -0.00000162. The van der Waals surface area contributed by atoms with Crippen molar-refractivity contribution in [2.75, 3.05) is 46.8 Å². The number of nitrogens with one attached hydrogen (secondary N) is 2. The molecule has 0 heterocycles. The van der Waals surface area contributed by atoms with Crippen LogP contribution in [-0.4, -0.2) is 74.6 Å². The molecule has 1 amide bonds. The van der Waals surface area contributed by atoms with Crippen molar-refractivity contribution in [3.8, 4) is 0 Å². The van der Waals surface area contributed by atoms with Gasteiger partial charge in [-0.15, -0.1) is 0 Å². The number of nitrogens with zero attached hydrogens (tertiary/aromatic N) is 2. The molecule has 5 heteroatoms. The Morgan fingerprint density at radius 2 is 1.68 bits per heavy atom. The Hall–Kier alpha value is -0.650. The highest BCUT2D eigenvalue weighted by molar-refractivity contribution is 5.77. The lowest BCUT2D eigenvalue weighted by atomic mass is 10.3. The Bertz CT molecular complexity index is 253. The van der Waals surface area contributed by atoms with Crippen LogP contribution in [0.4, 0.5) is 0 Å². The molecule has 0 aromatic carbocycles. The van der Waals surface area contributed by atoms with Gasteiger partial charge >= 0.3 is 0 Å². The van der Waals surface area contributed by atoms with Crippen LogP contribution in [-0.2, 0) is 4.79 Å². The molecule has 0 aliphatic rings. The summed E-state index contributed by atoms with van der Waals surface area (Å²) in [4.78, 5) is 15.9. The zero-order valence-corrected chi connectivity index (χ0v) is 13.5. The van der Waals surface area contributed by atoms with E-state index < -0.39 is 0 Å². The van der Waals surface area contributed by atoms with E-state index in [2.05, 4.69) is 50.3 Å². The maximum Gasteiger partial charge on any atom is 0.234 e. The molecule has 0 atom stereocenters. The van der Waals surface area contributed by atoms with E-state index in [0.717, 1.165) is 19.6 Å². The molecule has 0 fully saturated rings. The Morgan fingerprint density at radius 3 is 2.21 bits per heavy atom. The second-order valence-electron chi connectivity index (χ2n) is 5.77. The Kier molecular flexibility index (Phi) is 9.83. The Labute approximate surface area is 121 Å². The molecule has 5 nitrogen and oxygen atoms in total. The van der Waals surface area contributed by atoms with Gasteiger partial charge in [0.25, 0.3) is 0 Å². The number of carbonyl (C=O) groups is 1. The molecule has 0 aromatic heterocycles. The predicted octanol–water partition coefficient (Wildman–Crippen LogP) is 0.865. The molecule has 2 N–H and O–H groups in total. The number of likely N-dealkylation sites (N-methyl/N-ethyl adjacent to an activating group) is 2. The van der Waals surface area contributed by atoms with Crippen LogP contribution in [0.25, 0.3) is 0 Å². The van der Waals surface area contributed by atoms with E-state index in [0.29, 0.717) is 25.2 Å². The summed E-state index contributed by atoms with van der Waals surface area (Å²) in [5, 5.41) is 6.33. The van der Waals surface area contributed by atoms with Crippen LogP contribution < -0.4 is 10.6 Å². The fraction of sp³-hybridized carbons (Fsp3) is 0.929. The van der Waals surface area contributed by atoms with Crippen molar-refractivity contribution in [1.29, 1.82) is 0 Å². The second-order valence-corrected chi connectivity index (χ2v) is 5.77. The largest absolute Gasteiger partial charge is 0.354 e. The first-order chi connectivity index (χ1) is 8.82. The van der Waals surface area contributed by atoms with Gasteiger partial charge < -0.3 is 15.5 Å². The zero-order valence-electron chi connectivity index (χ0n) is 13.5. The number of carbonyl (C=O) groups excluding carboxylic acids is 1. The maximum absolute atomic E-state index is 11.7. The summed E-state index contributed by atoms with van der Waals surface area (Å²) in [6.07, 6.45) is 0. The minimum atomic E-state index is 0. The predicted molar refractivity (Wildman–Crippen MR) is 85.6 cm³/mol. The van der Waals surface area contributed by atoms with Crippen LogP contribution in [0.5, 0.6) is 0 Å². The van der Waals surface area contributed by atoms with Crippen LogP contribution in [0.2, 0.25) is 0 Å². The van der Waals surface area contributed by atoms with E-state index in [1.165, 1.54) is 0 Å². The fourth-order valence-corrected chi connectivity index (χ4v) is 1.51. The molecule has 0 aliphatic carbocycles. The molecule has 0 unspecified atom stereocenters. The summed E-state index contributed by atoms with van der Waals surface area (Å²) in [5.74, 6) is 0.102. The minimum absolute atomic E-state index is 0. The average Bonchev–Trinajstić information content (AvgIpc) is 2.28. The van der Waals surface area contributed by atoms with E-state index >= 15 is 0 Å². The first-order valence-corrected chi connectivity index (χ1v) is 7.21. The molecule has 118 valence electrons. The molecule has 0 aliphatic heterocycles. The summed E-state index contributed by atoms with van der Waals surface area (Å²) < 4.78 is 0. The van der Waals surface area contributed by atoms with Gasteiger partial charge in [-0.2, -0.15) is 0 Å². The van der Waals surface area contributed by atoms with Gasteiger partial charge in [-0.3, -0.25) is 9.69 Å². The van der Waals surface area contributed by atoms with Crippen molar-refractivity contribution in [2.24, 2.45) is 0 Å². The van der Waals surface area contributed by atoms with Gasteiger partial charge in [0, 0.05) is 41.1 Å². The lowest BCUT2D eigenvalue weighted by molar-refractivity contribution is -0.122. The third kappa shape index (κ3) is 10.9. The molecule has 0 bridgehead atoms. The average molecular weight is 276 g/mol. The van der Waals surface area contributed by atoms with E-state index in [-0.39, 0.29) is 8.76 Å². The normalized spacial score (nSPS) is 11.9. The quantitative estimate of drug-likeness (QED) is 0.621. The molecular formula is C14H36N4O. The van der Waals surface area contributed by atoms with Crippen molar-refractivity contribution in [3.05, 3.63) is 0 Å². The fourth-order valence-electron chi connectivity index (χ4n) is 1.51. The maximum atomic E-state index is 11.7. The first-order valence-electron chi connectivity index (χ1n) is 7.21. The van der Waals surface area contributed by atoms with Crippen LogP contribution in [0, 0.1) is 0 Å². The zero-order chi connectivity index (χ0) is 14.8. The Morgan fingerprint density at radius 1 is 1.11 bits per heavy atom. The summed E-state index contributed by atoms with van der Waals surface area (Å²) in [6.45, 7) is 12.5. The van der Waals surface area contributed by atoms with Crippen LogP contribution in [0.15, 0.2) is 0 Å². The summed E-state index contributed by atoms with van der Waals surface area (Å²) >= 11 is 0. The molecule has 0 saturated heterocycles.